The number of hydrogen-bond acceptors (Lipinski definition) is 5. The molecule has 3 saturated heterocycles. The Morgan fingerprint density at radius 1 is 1.14 bits per heavy atom. The first-order valence-corrected chi connectivity index (χ1v) is 11.3. The van der Waals surface area contributed by atoms with Crippen LogP contribution in [0.1, 0.15) is 44.6 Å². The van der Waals surface area contributed by atoms with Crippen LogP contribution in [0.5, 0.6) is 0 Å². The molecule has 1 N–H and O–H groups in total. The van der Waals surface area contributed by atoms with Gasteiger partial charge in [-0.15, -0.1) is 0 Å². The summed E-state index contributed by atoms with van der Waals surface area (Å²) in [7, 11) is 0. The number of aromatic nitrogens is 1. The van der Waals surface area contributed by atoms with Gasteiger partial charge in [0.25, 0.3) is 0 Å². The number of morpholine rings is 1. The predicted octanol–water partition coefficient (Wildman–Crippen LogP) is 2.42. The summed E-state index contributed by atoms with van der Waals surface area (Å²) in [5.41, 5.74) is 1.21. The molecule has 0 spiro atoms. The molecule has 7 nitrogen and oxygen atoms in total. The van der Waals surface area contributed by atoms with Crippen molar-refractivity contribution in [3.63, 3.8) is 0 Å². The number of rotatable bonds is 5. The van der Waals surface area contributed by atoms with Crippen molar-refractivity contribution in [3.8, 4) is 0 Å². The quantitative estimate of drug-likeness (QED) is 0.604. The van der Waals surface area contributed by atoms with E-state index in [0.717, 1.165) is 70.6 Å². The molecule has 0 bridgehead atoms. The van der Waals surface area contributed by atoms with Crippen LogP contribution < -0.4 is 10.2 Å². The van der Waals surface area contributed by atoms with Crippen LogP contribution in [0.2, 0.25) is 0 Å². The Labute approximate surface area is 174 Å². The number of nitrogens with one attached hydrogen (secondary N) is 1. The minimum absolute atomic E-state index is 0.140. The Bertz CT molecular complexity index is 671. The molecule has 0 aliphatic carbocycles. The topological polar surface area (TPSA) is 62.2 Å². The predicted molar refractivity (Wildman–Crippen MR) is 115 cm³/mol. The molecule has 29 heavy (non-hydrogen) atoms. The van der Waals surface area contributed by atoms with Crippen molar-refractivity contribution in [2.45, 2.75) is 57.8 Å². The number of nitrogens with zero attached hydrogens (tertiary/aromatic N) is 4. The highest BCUT2D eigenvalue weighted by Gasteiger charge is 2.32. The highest BCUT2D eigenvalue weighted by atomic mass is 16.5. The van der Waals surface area contributed by atoms with E-state index in [1.807, 2.05) is 6.20 Å². The largest absolute Gasteiger partial charge is 0.375 e. The van der Waals surface area contributed by atoms with Crippen LogP contribution in [0.3, 0.4) is 0 Å². The van der Waals surface area contributed by atoms with Gasteiger partial charge in [-0.05, 0) is 56.7 Å². The van der Waals surface area contributed by atoms with Gasteiger partial charge in [0.15, 0.2) is 5.96 Å². The van der Waals surface area contributed by atoms with Crippen molar-refractivity contribution >= 4 is 11.8 Å². The van der Waals surface area contributed by atoms with Gasteiger partial charge in [-0.3, -0.25) is 0 Å². The highest BCUT2D eigenvalue weighted by molar-refractivity contribution is 5.80. The number of pyridine rings is 1. The van der Waals surface area contributed by atoms with Crippen LogP contribution in [0.25, 0.3) is 0 Å². The van der Waals surface area contributed by atoms with Gasteiger partial charge in [0.1, 0.15) is 11.9 Å². The number of aliphatic imine (C=N–C) groups is 1. The summed E-state index contributed by atoms with van der Waals surface area (Å²) in [6.45, 7) is 9.15. The first-order valence-electron chi connectivity index (χ1n) is 11.3. The lowest BCUT2D eigenvalue weighted by Crippen LogP contribution is -2.53. The zero-order valence-electron chi connectivity index (χ0n) is 17.7. The molecule has 2 unspecified atom stereocenters. The number of guanidine groups is 1. The Kier molecular flexibility index (Phi) is 7.22. The Hall–Kier alpha value is -1.86. The van der Waals surface area contributed by atoms with E-state index < -0.39 is 0 Å². The number of anilines is 1. The van der Waals surface area contributed by atoms with Gasteiger partial charge in [-0.2, -0.15) is 0 Å². The van der Waals surface area contributed by atoms with Crippen LogP contribution in [0, 0.1) is 0 Å². The fraction of sp³-hybridized carbons (Fsp3) is 0.727. The molecule has 3 aliphatic rings. The van der Waals surface area contributed by atoms with Gasteiger partial charge in [0.05, 0.1) is 19.3 Å². The fourth-order valence-electron chi connectivity index (χ4n) is 4.44. The van der Waals surface area contributed by atoms with E-state index in [1.165, 1.54) is 24.8 Å². The molecule has 0 amide bonds. The third kappa shape index (κ3) is 5.39. The summed E-state index contributed by atoms with van der Waals surface area (Å²) in [6.07, 6.45) is 8.38. The lowest BCUT2D eigenvalue weighted by Gasteiger charge is -2.37. The molecule has 0 aromatic carbocycles. The molecule has 0 saturated carbocycles. The van der Waals surface area contributed by atoms with Gasteiger partial charge in [0, 0.05) is 45.5 Å². The van der Waals surface area contributed by atoms with E-state index in [9.17, 15) is 0 Å². The van der Waals surface area contributed by atoms with Crippen molar-refractivity contribution in [1.29, 1.82) is 0 Å². The zero-order valence-corrected chi connectivity index (χ0v) is 17.7. The normalized spacial score (nSPS) is 26.0. The molecule has 3 aliphatic heterocycles. The van der Waals surface area contributed by atoms with E-state index in [2.05, 4.69) is 39.2 Å². The van der Waals surface area contributed by atoms with Gasteiger partial charge < -0.3 is 24.6 Å². The Morgan fingerprint density at radius 2 is 2.00 bits per heavy atom. The number of ether oxygens (including phenoxy) is 2. The van der Waals surface area contributed by atoms with Crippen molar-refractivity contribution in [3.05, 3.63) is 23.9 Å². The maximum absolute atomic E-state index is 6.00. The van der Waals surface area contributed by atoms with E-state index >= 15 is 0 Å². The molecule has 4 rings (SSSR count). The molecule has 160 valence electrons. The molecule has 3 fully saturated rings. The third-order valence-electron chi connectivity index (χ3n) is 6.01. The summed E-state index contributed by atoms with van der Waals surface area (Å²) in [4.78, 5) is 14.3. The second-order valence-electron chi connectivity index (χ2n) is 8.15. The van der Waals surface area contributed by atoms with Gasteiger partial charge in [-0.25, -0.2) is 9.98 Å². The SMILES string of the molecule is CCNC(=NCc1ccnc(N2CCCCC2)c1)N1CCOC(C2CCCO2)C1. The minimum Gasteiger partial charge on any atom is -0.375 e. The average Bonchev–Trinajstić information content (AvgIpc) is 3.33. The lowest BCUT2D eigenvalue weighted by atomic mass is 10.1. The van der Waals surface area contributed by atoms with Gasteiger partial charge in [0.2, 0.25) is 0 Å². The van der Waals surface area contributed by atoms with Crippen molar-refractivity contribution in [2.75, 3.05) is 50.8 Å². The summed E-state index contributed by atoms with van der Waals surface area (Å²) in [5.74, 6) is 2.06. The van der Waals surface area contributed by atoms with Crippen LogP contribution in [0.15, 0.2) is 23.3 Å². The lowest BCUT2D eigenvalue weighted by molar-refractivity contribution is -0.0817. The smallest absolute Gasteiger partial charge is 0.194 e. The van der Waals surface area contributed by atoms with Crippen molar-refractivity contribution < 1.29 is 9.47 Å². The first-order chi connectivity index (χ1) is 14.3. The van der Waals surface area contributed by atoms with Gasteiger partial charge >= 0.3 is 0 Å². The Balaban J connectivity index is 1.41. The summed E-state index contributed by atoms with van der Waals surface area (Å²) < 4.78 is 11.9. The second kappa shape index (κ2) is 10.3. The highest BCUT2D eigenvalue weighted by Crippen LogP contribution is 2.22. The van der Waals surface area contributed by atoms with E-state index in [0.29, 0.717) is 6.54 Å². The standard InChI is InChI=1S/C22H35N5O2/c1-2-23-22(27-12-14-29-20(17-27)19-7-6-13-28-19)25-16-18-8-9-24-21(15-18)26-10-4-3-5-11-26/h8-9,15,19-20H,2-7,10-14,16-17H2,1H3,(H,23,25). The van der Waals surface area contributed by atoms with Crippen molar-refractivity contribution in [2.24, 2.45) is 4.99 Å². The molecule has 1 aromatic rings. The molecular formula is C22H35N5O2. The van der Waals surface area contributed by atoms with Crippen molar-refractivity contribution in [1.82, 2.24) is 15.2 Å². The van der Waals surface area contributed by atoms with Gasteiger partial charge in [-0.1, -0.05) is 0 Å². The first kappa shape index (κ1) is 20.4. The van der Waals surface area contributed by atoms with Crippen LogP contribution in [-0.2, 0) is 16.0 Å². The summed E-state index contributed by atoms with van der Waals surface area (Å²) >= 11 is 0. The van der Waals surface area contributed by atoms with E-state index in [-0.39, 0.29) is 12.2 Å². The molecule has 1 aromatic heterocycles. The zero-order chi connectivity index (χ0) is 19.9. The molecule has 4 heterocycles. The van der Waals surface area contributed by atoms with E-state index in [1.54, 1.807) is 0 Å². The second-order valence-corrected chi connectivity index (χ2v) is 8.15. The summed E-state index contributed by atoms with van der Waals surface area (Å²) in [5, 5.41) is 3.47. The molecular weight excluding hydrogens is 366 g/mol. The number of piperidine rings is 1. The number of hydrogen-bond donors (Lipinski definition) is 1. The molecule has 0 radical (unpaired) electrons. The summed E-state index contributed by atoms with van der Waals surface area (Å²) in [6, 6.07) is 4.28. The monoisotopic (exact) mass is 401 g/mol. The van der Waals surface area contributed by atoms with Crippen LogP contribution in [-0.4, -0.2) is 74.0 Å². The Morgan fingerprint density at radius 3 is 2.79 bits per heavy atom. The molecule has 2 atom stereocenters. The maximum atomic E-state index is 6.00. The average molecular weight is 402 g/mol. The van der Waals surface area contributed by atoms with Crippen LogP contribution in [0.4, 0.5) is 5.82 Å². The van der Waals surface area contributed by atoms with E-state index in [4.69, 9.17) is 14.5 Å². The fourth-order valence-corrected chi connectivity index (χ4v) is 4.44. The molecule has 7 heteroatoms. The minimum atomic E-state index is 0.140. The maximum Gasteiger partial charge on any atom is 0.194 e. The third-order valence-corrected chi connectivity index (χ3v) is 6.01. The van der Waals surface area contributed by atoms with Crippen LogP contribution >= 0.6 is 0 Å².